The van der Waals surface area contributed by atoms with Gasteiger partial charge in [-0.15, -0.1) is 0 Å². The van der Waals surface area contributed by atoms with Gasteiger partial charge in [0.15, 0.2) is 0 Å². The Bertz CT molecular complexity index is 748. The molecule has 6 heteroatoms. The van der Waals surface area contributed by atoms with Crippen LogP contribution in [0.5, 0.6) is 0 Å². The van der Waals surface area contributed by atoms with Crippen LogP contribution in [0.1, 0.15) is 86.0 Å². The van der Waals surface area contributed by atoms with Crippen LogP contribution in [-0.4, -0.2) is 36.2 Å². The molecule has 0 aromatic heterocycles. The van der Waals surface area contributed by atoms with Crippen LogP contribution in [0.3, 0.4) is 0 Å². The molecule has 0 N–H and O–H groups in total. The minimum absolute atomic E-state index is 0.00339. The van der Waals surface area contributed by atoms with E-state index in [2.05, 4.69) is 13.8 Å². The normalized spacial score (nSPS) is 46.2. The Hall–Kier alpha value is -1.59. The Morgan fingerprint density at radius 1 is 0.710 bits per heavy atom. The van der Waals surface area contributed by atoms with Crippen molar-refractivity contribution >= 4 is 17.9 Å². The summed E-state index contributed by atoms with van der Waals surface area (Å²) in [6.07, 6.45) is 7.46. The van der Waals surface area contributed by atoms with Crippen molar-refractivity contribution in [3.63, 3.8) is 0 Å². The van der Waals surface area contributed by atoms with E-state index in [1.54, 1.807) is 0 Å². The molecule has 31 heavy (non-hydrogen) atoms. The van der Waals surface area contributed by atoms with E-state index in [1.165, 1.54) is 27.2 Å². The second-order valence-electron chi connectivity index (χ2n) is 11.2. The fraction of sp³-hybridized carbons (Fsp3) is 0.880. The zero-order valence-electron chi connectivity index (χ0n) is 19.6. The van der Waals surface area contributed by atoms with Crippen LogP contribution < -0.4 is 0 Å². The van der Waals surface area contributed by atoms with E-state index >= 15 is 0 Å². The smallest absolute Gasteiger partial charge is 0.302 e. The highest BCUT2D eigenvalue weighted by molar-refractivity contribution is 5.67. The van der Waals surface area contributed by atoms with Gasteiger partial charge in [0.1, 0.15) is 18.3 Å². The van der Waals surface area contributed by atoms with Gasteiger partial charge in [0, 0.05) is 26.7 Å². The summed E-state index contributed by atoms with van der Waals surface area (Å²) in [5, 5.41) is 0. The summed E-state index contributed by atoms with van der Waals surface area (Å²) in [6, 6.07) is 0. The van der Waals surface area contributed by atoms with E-state index in [9.17, 15) is 14.4 Å². The lowest BCUT2D eigenvalue weighted by Gasteiger charge is -2.62. The van der Waals surface area contributed by atoms with Crippen LogP contribution in [0.25, 0.3) is 0 Å². The fourth-order valence-electron chi connectivity index (χ4n) is 8.24. The number of hydrogen-bond donors (Lipinski definition) is 0. The van der Waals surface area contributed by atoms with E-state index < -0.39 is 0 Å². The highest BCUT2D eigenvalue weighted by atomic mass is 16.6. The minimum Gasteiger partial charge on any atom is -0.463 e. The first kappa shape index (κ1) is 22.6. The van der Waals surface area contributed by atoms with Crippen molar-refractivity contribution < 1.29 is 28.6 Å². The highest BCUT2D eigenvalue weighted by Crippen LogP contribution is 2.66. The van der Waals surface area contributed by atoms with Gasteiger partial charge in [-0.1, -0.05) is 13.8 Å². The van der Waals surface area contributed by atoms with E-state index in [4.69, 9.17) is 14.2 Å². The van der Waals surface area contributed by atoms with Crippen molar-refractivity contribution in [3.8, 4) is 0 Å². The maximum Gasteiger partial charge on any atom is 0.302 e. The molecule has 0 heterocycles. The summed E-state index contributed by atoms with van der Waals surface area (Å²) in [6.45, 7) is 9.21. The molecule has 4 saturated carbocycles. The molecular formula is C25H38O6. The number of hydrogen-bond acceptors (Lipinski definition) is 6. The Labute approximate surface area is 185 Å². The summed E-state index contributed by atoms with van der Waals surface area (Å²) >= 11 is 0. The average molecular weight is 435 g/mol. The largest absolute Gasteiger partial charge is 0.463 e. The van der Waals surface area contributed by atoms with E-state index in [0.29, 0.717) is 17.8 Å². The van der Waals surface area contributed by atoms with Gasteiger partial charge in [-0.3, -0.25) is 14.4 Å². The second kappa shape index (κ2) is 8.08. The molecule has 0 spiro atoms. The molecule has 6 nitrogen and oxygen atoms in total. The lowest BCUT2D eigenvalue weighted by atomic mass is 9.44. The molecule has 0 saturated heterocycles. The molecule has 0 bridgehead atoms. The maximum absolute atomic E-state index is 12.0. The standard InChI is InChI=1S/C25H38O6/c1-14(26)29-17-6-9-25(5)20-7-8-24(4)13-18(30-15(2)27)11-21(24)19(20)12-23(22(25)10-17)31-16(3)28/h17-23H,6-13H2,1-5H3/t17-,18+,19+,20-,21-,22+,23-,24+,25+/m0/s1. The predicted molar refractivity (Wildman–Crippen MR) is 114 cm³/mol. The van der Waals surface area contributed by atoms with Crippen molar-refractivity contribution in [2.75, 3.05) is 0 Å². The fourth-order valence-corrected chi connectivity index (χ4v) is 8.24. The number of carbonyl (C=O) groups is 3. The first-order chi connectivity index (χ1) is 14.5. The SMILES string of the molecule is CC(=O)O[C@@H]1C[C@H]2[C@@H]3C[C@H](OC(C)=O)[C@H]4C[C@@H](OC(C)=O)CC[C@]4(C)[C@H]3CC[C@]2(C)C1. The Kier molecular flexibility index (Phi) is 5.89. The quantitative estimate of drug-likeness (QED) is 0.483. The first-order valence-electron chi connectivity index (χ1n) is 12.0. The van der Waals surface area contributed by atoms with Crippen molar-refractivity contribution in [3.05, 3.63) is 0 Å². The molecule has 0 unspecified atom stereocenters. The number of ether oxygens (including phenoxy) is 3. The molecule has 0 amide bonds. The number of carbonyl (C=O) groups excluding carboxylic acids is 3. The average Bonchev–Trinajstić information content (AvgIpc) is 2.97. The van der Waals surface area contributed by atoms with Crippen LogP contribution in [-0.2, 0) is 28.6 Å². The molecule has 4 aliphatic rings. The third kappa shape index (κ3) is 4.11. The molecule has 4 fully saturated rings. The summed E-state index contributed by atoms with van der Waals surface area (Å²) in [4.78, 5) is 35.2. The molecule has 0 aromatic carbocycles. The van der Waals surface area contributed by atoms with Gasteiger partial charge in [0.2, 0.25) is 0 Å². The molecule has 174 valence electrons. The van der Waals surface area contributed by atoms with E-state index in [1.807, 2.05) is 0 Å². The van der Waals surface area contributed by atoms with Gasteiger partial charge in [-0.2, -0.15) is 0 Å². The Balaban J connectivity index is 1.61. The lowest BCUT2D eigenvalue weighted by molar-refractivity contribution is -0.195. The number of fused-ring (bicyclic) bond motifs is 5. The Morgan fingerprint density at radius 3 is 1.97 bits per heavy atom. The van der Waals surface area contributed by atoms with Crippen molar-refractivity contribution in [1.82, 2.24) is 0 Å². The summed E-state index contributed by atoms with van der Waals surface area (Å²) in [7, 11) is 0. The topological polar surface area (TPSA) is 78.9 Å². The van der Waals surface area contributed by atoms with Crippen molar-refractivity contribution in [2.24, 2.45) is 34.5 Å². The molecule has 9 atom stereocenters. The maximum atomic E-state index is 12.0. The van der Waals surface area contributed by atoms with Gasteiger partial charge < -0.3 is 14.2 Å². The monoisotopic (exact) mass is 434 g/mol. The number of esters is 3. The zero-order valence-corrected chi connectivity index (χ0v) is 19.6. The molecular weight excluding hydrogens is 396 g/mol. The number of rotatable bonds is 3. The third-order valence-electron chi connectivity index (χ3n) is 9.32. The van der Waals surface area contributed by atoms with Crippen LogP contribution in [0.15, 0.2) is 0 Å². The molecule has 0 radical (unpaired) electrons. The lowest BCUT2D eigenvalue weighted by Crippen LogP contribution is -2.58. The van der Waals surface area contributed by atoms with Gasteiger partial charge in [0.25, 0.3) is 0 Å². The predicted octanol–water partition coefficient (Wildman–Crippen LogP) is 4.43. The molecule has 4 rings (SSSR count). The van der Waals surface area contributed by atoms with Crippen LogP contribution in [0.4, 0.5) is 0 Å². The summed E-state index contributed by atoms with van der Waals surface area (Å²) in [5.41, 5.74) is 0.251. The Morgan fingerprint density at radius 2 is 1.32 bits per heavy atom. The van der Waals surface area contributed by atoms with Gasteiger partial charge in [0.05, 0.1) is 0 Å². The van der Waals surface area contributed by atoms with E-state index in [-0.39, 0.29) is 53.0 Å². The summed E-state index contributed by atoms with van der Waals surface area (Å²) < 4.78 is 17.2. The van der Waals surface area contributed by atoms with Crippen LogP contribution in [0, 0.1) is 34.5 Å². The molecule has 4 aliphatic carbocycles. The van der Waals surface area contributed by atoms with Crippen molar-refractivity contribution in [1.29, 1.82) is 0 Å². The summed E-state index contributed by atoms with van der Waals surface area (Å²) in [5.74, 6) is 1.07. The first-order valence-corrected chi connectivity index (χ1v) is 12.0. The van der Waals surface area contributed by atoms with Crippen molar-refractivity contribution in [2.45, 2.75) is 104 Å². The molecule has 0 aromatic rings. The van der Waals surface area contributed by atoms with Gasteiger partial charge in [-0.25, -0.2) is 0 Å². The van der Waals surface area contributed by atoms with E-state index in [0.717, 1.165) is 44.9 Å². The second-order valence-corrected chi connectivity index (χ2v) is 11.2. The minimum atomic E-state index is -0.234. The van der Waals surface area contributed by atoms with Crippen LogP contribution in [0.2, 0.25) is 0 Å². The van der Waals surface area contributed by atoms with Gasteiger partial charge >= 0.3 is 17.9 Å². The third-order valence-corrected chi connectivity index (χ3v) is 9.32. The van der Waals surface area contributed by atoms with Crippen LogP contribution >= 0.6 is 0 Å². The zero-order chi connectivity index (χ0) is 22.6. The highest BCUT2D eigenvalue weighted by Gasteiger charge is 2.62. The molecule has 0 aliphatic heterocycles. The van der Waals surface area contributed by atoms with Gasteiger partial charge in [-0.05, 0) is 80.0 Å².